The summed E-state index contributed by atoms with van der Waals surface area (Å²) in [5, 5.41) is 0.601. The van der Waals surface area contributed by atoms with E-state index in [1.807, 2.05) is 38.2 Å². The molecule has 0 saturated heterocycles. The summed E-state index contributed by atoms with van der Waals surface area (Å²) in [5.41, 5.74) is 1.09. The number of hydrogen-bond acceptors (Lipinski definition) is 4. The van der Waals surface area contributed by atoms with Crippen LogP contribution in [0.4, 0.5) is 0 Å². The summed E-state index contributed by atoms with van der Waals surface area (Å²) in [6.07, 6.45) is 0. The van der Waals surface area contributed by atoms with Crippen LogP contribution < -0.4 is 9.47 Å². The molecule has 0 spiro atoms. The number of rotatable bonds is 4. The molecule has 1 aromatic heterocycles. The molecule has 0 bridgehead atoms. The van der Waals surface area contributed by atoms with Crippen molar-refractivity contribution in [3.63, 3.8) is 0 Å². The zero-order valence-electron chi connectivity index (χ0n) is 12.2. The fourth-order valence-corrected chi connectivity index (χ4v) is 2.75. The van der Waals surface area contributed by atoms with Crippen molar-refractivity contribution in [3.8, 4) is 11.5 Å². The van der Waals surface area contributed by atoms with Crippen molar-refractivity contribution in [2.75, 3.05) is 20.3 Å². The average Bonchev–Trinajstić information content (AvgIpc) is 2.84. The van der Waals surface area contributed by atoms with Crippen LogP contribution in [0.2, 0.25) is 5.02 Å². The van der Waals surface area contributed by atoms with Crippen LogP contribution in [-0.4, -0.2) is 25.2 Å². The van der Waals surface area contributed by atoms with E-state index in [1.165, 1.54) is 0 Å². The molecule has 0 unspecified atom stereocenters. The van der Waals surface area contributed by atoms with E-state index in [0.29, 0.717) is 24.0 Å². The number of halogens is 1. The molecule has 0 atom stereocenters. The molecule has 1 aliphatic rings. The Kier molecular flexibility index (Phi) is 4.08. The highest BCUT2D eigenvalue weighted by Crippen LogP contribution is 2.38. The normalized spacial score (nSPS) is 13.7. The van der Waals surface area contributed by atoms with Gasteiger partial charge in [0.15, 0.2) is 11.5 Å². The van der Waals surface area contributed by atoms with Gasteiger partial charge in [-0.2, -0.15) is 0 Å². The SMILES string of the molecule is Cc1ccc(CN(C)Cc2cc(Cl)c3c(c2)OCCO3)o1. The summed E-state index contributed by atoms with van der Waals surface area (Å²) in [5.74, 6) is 3.27. The van der Waals surface area contributed by atoms with Gasteiger partial charge >= 0.3 is 0 Å². The molecule has 0 amide bonds. The van der Waals surface area contributed by atoms with Gasteiger partial charge in [0.05, 0.1) is 11.6 Å². The first-order valence-electron chi connectivity index (χ1n) is 6.93. The minimum Gasteiger partial charge on any atom is -0.486 e. The minimum atomic E-state index is 0.545. The number of ether oxygens (including phenoxy) is 2. The van der Waals surface area contributed by atoms with E-state index in [-0.39, 0.29) is 0 Å². The first-order chi connectivity index (χ1) is 10.1. The van der Waals surface area contributed by atoms with Crippen LogP contribution in [0.5, 0.6) is 11.5 Å². The Balaban J connectivity index is 1.71. The molecule has 1 aromatic carbocycles. The highest BCUT2D eigenvalue weighted by Gasteiger charge is 2.17. The maximum Gasteiger partial charge on any atom is 0.179 e. The van der Waals surface area contributed by atoms with Gasteiger partial charge in [0.25, 0.3) is 0 Å². The third-order valence-corrected chi connectivity index (χ3v) is 3.61. The van der Waals surface area contributed by atoms with Gasteiger partial charge in [-0.25, -0.2) is 0 Å². The Hall–Kier alpha value is -1.65. The van der Waals surface area contributed by atoms with E-state index in [2.05, 4.69) is 4.90 Å². The zero-order valence-corrected chi connectivity index (χ0v) is 12.9. The van der Waals surface area contributed by atoms with Gasteiger partial charge in [-0.1, -0.05) is 11.6 Å². The van der Waals surface area contributed by atoms with Crippen LogP contribution in [0, 0.1) is 6.92 Å². The highest BCUT2D eigenvalue weighted by atomic mass is 35.5. The standard InChI is InChI=1S/C16H18ClNO3/c1-11-3-4-13(21-11)10-18(2)9-12-7-14(17)16-15(8-12)19-5-6-20-16/h3-4,7-8H,5-6,9-10H2,1-2H3. The van der Waals surface area contributed by atoms with Crippen molar-refractivity contribution in [2.45, 2.75) is 20.0 Å². The average molecular weight is 308 g/mol. The molecule has 112 valence electrons. The topological polar surface area (TPSA) is 34.8 Å². The molecule has 5 heteroatoms. The van der Waals surface area contributed by atoms with E-state index in [1.54, 1.807) is 0 Å². The third kappa shape index (κ3) is 3.34. The lowest BCUT2D eigenvalue weighted by Crippen LogP contribution is -2.18. The summed E-state index contributed by atoms with van der Waals surface area (Å²) in [6, 6.07) is 7.90. The Morgan fingerprint density at radius 3 is 2.71 bits per heavy atom. The Morgan fingerprint density at radius 1 is 1.14 bits per heavy atom. The molecule has 2 heterocycles. The number of furan rings is 1. The summed E-state index contributed by atoms with van der Waals surface area (Å²) >= 11 is 6.25. The second-order valence-corrected chi connectivity index (χ2v) is 5.69. The molecule has 21 heavy (non-hydrogen) atoms. The predicted octanol–water partition coefficient (Wildman–Crippen LogP) is 3.64. The number of nitrogens with zero attached hydrogens (tertiary/aromatic N) is 1. The van der Waals surface area contributed by atoms with Gasteiger partial charge < -0.3 is 13.9 Å². The first kappa shape index (κ1) is 14.3. The van der Waals surface area contributed by atoms with Crippen molar-refractivity contribution in [2.24, 2.45) is 0 Å². The summed E-state index contributed by atoms with van der Waals surface area (Å²) in [4.78, 5) is 2.17. The van der Waals surface area contributed by atoms with Crippen LogP contribution in [0.3, 0.4) is 0 Å². The second-order valence-electron chi connectivity index (χ2n) is 5.29. The molecule has 0 fully saturated rings. The molecule has 2 aromatic rings. The lowest BCUT2D eigenvalue weighted by atomic mass is 10.2. The van der Waals surface area contributed by atoms with Crippen LogP contribution in [0.25, 0.3) is 0 Å². The van der Waals surface area contributed by atoms with Crippen molar-refractivity contribution in [3.05, 3.63) is 46.4 Å². The summed E-state index contributed by atoms with van der Waals surface area (Å²) < 4.78 is 16.7. The Morgan fingerprint density at radius 2 is 1.95 bits per heavy atom. The van der Waals surface area contributed by atoms with Gasteiger partial charge in [0, 0.05) is 6.54 Å². The quantitative estimate of drug-likeness (QED) is 0.863. The Labute approximate surface area is 129 Å². The van der Waals surface area contributed by atoms with Crippen LogP contribution in [0.15, 0.2) is 28.7 Å². The molecular weight excluding hydrogens is 290 g/mol. The minimum absolute atomic E-state index is 0.545. The van der Waals surface area contributed by atoms with Gasteiger partial charge in [0.1, 0.15) is 24.7 Å². The van der Waals surface area contributed by atoms with E-state index in [4.69, 9.17) is 25.5 Å². The van der Waals surface area contributed by atoms with Crippen molar-refractivity contribution in [1.29, 1.82) is 0 Å². The fourth-order valence-electron chi connectivity index (χ4n) is 2.46. The van der Waals surface area contributed by atoms with Gasteiger partial charge in [-0.3, -0.25) is 4.90 Å². The molecule has 4 nitrogen and oxygen atoms in total. The number of fused-ring (bicyclic) bond motifs is 1. The molecule has 0 radical (unpaired) electrons. The maximum atomic E-state index is 6.25. The largest absolute Gasteiger partial charge is 0.486 e. The van der Waals surface area contributed by atoms with E-state index in [9.17, 15) is 0 Å². The highest BCUT2D eigenvalue weighted by molar-refractivity contribution is 6.32. The van der Waals surface area contributed by atoms with Crippen LogP contribution in [-0.2, 0) is 13.1 Å². The van der Waals surface area contributed by atoms with Gasteiger partial charge in [-0.05, 0) is 43.8 Å². The van der Waals surface area contributed by atoms with Gasteiger partial charge in [0.2, 0.25) is 0 Å². The summed E-state index contributed by atoms with van der Waals surface area (Å²) in [7, 11) is 2.04. The molecular formula is C16H18ClNO3. The Bertz CT molecular complexity index is 638. The molecule has 3 rings (SSSR count). The number of hydrogen-bond donors (Lipinski definition) is 0. The monoisotopic (exact) mass is 307 g/mol. The summed E-state index contributed by atoms with van der Waals surface area (Å²) in [6.45, 7) is 4.57. The number of benzene rings is 1. The van der Waals surface area contributed by atoms with Crippen molar-refractivity contribution in [1.82, 2.24) is 4.90 Å². The van der Waals surface area contributed by atoms with E-state index in [0.717, 1.165) is 35.9 Å². The van der Waals surface area contributed by atoms with Crippen molar-refractivity contribution >= 4 is 11.6 Å². The fraction of sp³-hybridized carbons (Fsp3) is 0.375. The predicted molar refractivity (Wildman–Crippen MR) is 81.1 cm³/mol. The second kappa shape index (κ2) is 6.00. The number of aryl methyl sites for hydroxylation is 1. The van der Waals surface area contributed by atoms with Crippen LogP contribution >= 0.6 is 11.6 Å². The lowest BCUT2D eigenvalue weighted by Gasteiger charge is -2.22. The smallest absolute Gasteiger partial charge is 0.179 e. The zero-order chi connectivity index (χ0) is 14.8. The molecule has 0 aliphatic carbocycles. The lowest BCUT2D eigenvalue weighted by molar-refractivity contribution is 0.171. The third-order valence-electron chi connectivity index (χ3n) is 3.33. The van der Waals surface area contributed by atoms with E-state index < -0.39 is 0 Å². The van der Waals surface area contributed by atoms with Crippen molar-refractivity contribution < 1.29 is 13.9 Å². The van der Waals surface area contributed by atoms with Crippen LogP contribution in [0.1, 0.15) is 17.1 Å². The maximum absolute atomic E-state index is 6.25. The molecule has 0 saturated carbocycles. The van der Waals surface area contributed by atoms with E-state index >= 15 is 0 Å². The molecule has 0 N–H and O–H groups in total. The van der Waals surface area contributed by atoms with Gasteiger partial charge in [-0.15, -0.1) is 0 Å². The first-order valence-corrected chi connectivity index (χ1v) is 7.31. The molecule has 1 aliphatic heterocycles.